The highest BCUT2D eigenvalue weighted by molar-refractivity contribution is 7.47. The average Bonchev–Trinajstić information content (AvgIpc) is 3.41. The monoisotopic (exact) mass is 1110 g/mol. The SMILES string of the molecule is CC/C=C\C/C=C\C/C=C\C/C=C\C/C=C\CCCCCCCCCCCCCCCC(=O)OC(COC(=O)CCCCCCCCCCC/C=C\C/C=C\C/C=C\C/C=C\C/C=C\CC)COP(=O)(O)OCC[N+](C)(C)C. The zero-order valence-corrected chi connectivity index (χ0v) is 51.5. The molecule has 446 valence electrons. The molecule has 0 aromatic rings. The Morgan fingerprint density at radius 3 is 1.03 bits per heavy atom. The van der Waals surface area contributed by atoms with Crippen molar-refractivity contribution in [3.8, 4) is 0 Å². The molecule has 0 aromatic heterocycles. The number of hydrogen-bond donors (Lipinski definition) is 1. The molecule has 0 aliphatic rings. The third-order valence-electron chi connectivity index (χ3n) is 13.0. The highest BCUT2D eigenvalue weighted by Crippen LogP contribution is 2.43. The minimum atomic E-state index is -4.40. The minimum absolute atomic E-state index is 0.0249. The molecule has 0 aliphatic heterocycles. The third-order valence-corrected chi connectivity index (χ3v) is 14.0. The molecule has 10 heteroatoms. The standard InChI is InChI=1S/C68H116NO8P/c1-6-8-10-12-14-16-18-20-22-24-26-28-30-32-33-34-35-37-39-41-43-45-47-49-51-53-55-57-59-61-68(71)77-66(65-76-78(72,73)75-63-62-69(3,4)5)64-74-67(70)60-58-56-54-52-50-48-46-44-42-40-38-36-31-29-27-25-23-21-19-17-15-13-11-9-7-2/h8-11,14-17,20-23,26-29,32-33,36,38,66H,6-7,12-13,18-19,24-25,30-31,34-35,37,39-65H2,1-5H3/p+1/b10-8-,11-9-,16-14-,17-15-,22-20-,23-21-,28-26-,29-27-,33-32-,38-36-. The molecular formula is C68H117NO8P+. The molecular weight excluding hydrogens is 990 g/mol. The van der Waals surface area contributed by atoms with E-state index in [0.29, 0.717) is 17.4 Å². The summed E-state index contributed by atoms with van der Waals surface area (Å²) in [5.41, 5.74) is 0. The Kier molecular flexibility index (Phi) is 55.4. The van der Waals surface area contributed by atoms with Crippen LogP contribution in [-0.2, 0) is 32.7 Å². The first kappa shape index (κ1) is 74.4. The van der Waals surface area contributed by atoms with E-state index < -0.39 is 26.5 Å². The van der Waals surface area contributed by atoms with E-state index in [0.717, 1.165) is 116 Å². The predicted octanol–water partition coefficient (Wildman–Crippen LogP) is 19.9. The second kappa shape index (κ2) is 58.1. The number of allylic oxidation sites excluding steroid dienone is 20. The van der Waals surface area contributed by atoms with E-state index in [1.807, 2.05) is 21.1 Å². The van der Waals surface area contributed by atoms with E-state index in [1.54, 1.807) is 0 Å². The van der Waals surface area contributed by atoms with Gasteiger partial charge in [-0.1, -0.05) is 251 Å². The van der Waals surface area contributed by atoms with Crippen molar-refractivity contribution in [3.63, 3.8) is 0 Å². The fourth-order valence-corrected chi connectivity index (χ4v) is 8.99. The van der Waals surface area contributed by atoms with Crippen LogP contribution in [-0.4, -0.2) is 74.9 Å². The molecule has 0 heterocycles. The van der Waals surface area contributed by atoms with Crippen LogP contribution in [0, 0.1) is 0 Å². The predicted molar refractivity (Wildman–Crippen MR) is 334 cm³/mol. The molecule has 0 amide bonds. The van der Waals surface area contributed by atoms with Crippen LogP contribution in [0.3, 0.4) is 0 Å². The van der Waals surface area contributed by atoms with Gasteiger partial charge in [0.1, 0.15) is 19.8 Å². The Hall–Kier alpha value is -3.59. The van der Waals surface area contributed by atoms with Crippen LogP contribution in [0.2, 0.25) is 0 Å². The molecule has 0 spiro atoms. The van der Waals surface area contributed by atoms with Gasteiger partial charge in [-0.05, 0) is 103 Å². The molecule has 2 unspecified atom stereocenters. The zero-order valence-electron chi connectivity index (χ0n) is 50.6. The van der Waals surface area contributed by atoms with Crippen molar-refractivity contribution in [2.75, 3.05) is 47.5 Å². The number of rotatable bonds is 56. The molecule has 0 radical (unpaired) electrons. The number of carbonyl (C=O) groups is 2. The van der Waals surface area contributed by atoms with E-state index in [-0.39, 0.29) is 32.0 Å². The number of carbonyl (C=O) groups excluding carboxylic acids is 2. The van der Waals surface area contributed by atoms with E-state index >= 15 is 0 Å². The van der Waals surface area contributed by atoms with Gasteiger partial charge in [-0.25, -0.2) is 4.57 Å². The summed E-state index contributed by atoms with van der Waals surface area (Å²) in [5, 5.41) is 0. The number of phosphoric ester groups is 1. The van der Waals surface area contributed by atoms with Crippen LogP contribution < -0.4 is 0 Å². The van der Waals surface area contributed by atoms with Crippen molar-refractivity contribution >= 4 is 19.8 Å². The van der Waals surface area contributed by atoms with Gasteiger partial charge in [0.25, 0.3) is 0 Å². The zero-order chi connectivity index (χ0) is 57.0. The van der Waals surface area contributed by atoms with Crippen LogP contribution in [0.15, 0.2) is 122 Å². The van der Waals surface area contributed by atoms with Gasteiger partial charge in [0, 0.05) is 12.8 Å². The molecule has 0 aliphatic carbocycles. The fourth-order valence-electron chi connectivity index (χ4n) is 8.25. The Morgan fingerprint density at radius 2 is 0.692 bits per heavy atom. The first-order valence-corrected chi connectivity index (χ1v) is 32.8. The van der Waals surface area contributed by atoms with E-state index in [2.05, 4.69) is 135 Å². The summed E-state index contributed by atoms with van der Waals surface area (Å²) in [6, 6.07) is 0. The lowest BCUT2D eigenvalue weighted by Gasteiger charge is -2.24. The van der Waals surface area contributed by atoms with Gasteiger partial charge in [-0.3, -0.25) is 18.6 Å². The largest absolute Gasteiger partial charge is 0.472 e. The molecule has 1 N–H and O–H groups in total. The van der Waals surface area contributed by atoms with Crippen LogP contribution in [0.1, 0.15) is 245 Å². The Morgan fingerprint density at radius 1 is 0.397 bits per heavy atom. The van der Waals surface area contributed by atoms with Crippen LogP contribution >= 0.6 is 7.82 Å². The maximum atomic E-state index is 12.9. The number of ether oxygens (including phenoxy) is 2. The molecule has 0 rings (SSSR count). The average molecular weight is 1110 g/mol. The lowest BCUT2D eigenvalue weighted by molar-refractivity contribution is -0.870. The summed E-state index contributed by atoms with van der Waals surface area (Å²) in [7, 11) is 1.46. The highest BCUT2D eigenvalue weighted by atomic mass is 31.2. The van der Waals surface area contributed by atoms with Gasteiger partial charge < -0.3 is 18.9 Å². The summed E-state index contributed by atoms with van der Waals surface area (Å²) in [6.07, 6.45) is 82.7. The topological polar surface area (TPSA) is 108 Å². The lowest BCUT2D eigenvalue weighted by atomic mass is 10.0. The number of esters is 2. The molecule has 9 nitrogen and oxygen atoms in total. The van der Waals surface area contributed by atoms with Crippen LogP contribution in [0.5, 0.6) is 0 Å². The Labute approximate surface area is 479 Å². The van der Waals surface area contributed by atoms with Crippen molar-refractivity contribution in [2.24, 2.45) is 0 Å². The van der Waals surface area contributed by atoms with Gasteiger partial charge >= 0.3 is 19.8 Å². The van der Waals surface area contributed by atoms with Crippen LogP contribution in [0.25, 0.3) is 0 Å². The van der Waals surface area contributed by atoms with Crippen molar-refractivity contribution in [3.05, 3.63) is 122 Å². The number of likely N-dealkylation sites (N-methyl/N-ethyl adjacent to an activating group) is 1. The van der Waals surface area contributed by atoms with Crippen molar-refractivity contribution < 1.29 is 42.1 Å². The number of hydrogen-bond acceptors (Lipinski definition) is 7. The molecule has 0 aromatic carbocycles. The van der Waals surface area contributed by atoms with Crippen molar-refractivity contribution in [1.29, 1.82) is 0 Å². The van der Waals surface area contributed by atoms with Crippen molar-refractivity contribution in [1.82, 2.24) is 0 Å². The van der Waals surface area contributed by atoms with Gasteiger partial charge in [-0.2, -0.15) is 0 Å². The molecule has 0 saturated carbocycles. The smallest absolute Gasteiger partial charge is 0.462 e. The highest BCUT2D eigenvalue weighted by Gasteiger charge is 2.27. The number of nitrogens with zero attached hydrogens (tertiary/aromatic N) is 1. The van der Waals surface area contributed by atoms with Crippen LogP contribution in [0.4, 0.5) is 0 Å². The lowest BCUT2D eigenvalue weighted by Crippen LogP contribution is -2.37. The summed E-state index contributed by atoms with van der Waals surface area (Å²) in [5.74, 6) is -0.809. The normalized spacial score (nSPS) is 14.1. The van der Waals surface area contributed by atoms with Crippen molar-refractivity contribution in [2.45, 2.75) is 251 Å². The summed E-state index contributed by atoms with van der Waals surface area (Å²) >= 11 is 0. The number of quaternary nitrogens is 1. The summed E-state index contributed by atoms with van der Waals surface area (Å²) in [6.45, 7) is 4.20. The minimum Gasteiger partial charge on any atom is -0.462 e. The second-order valence-electron chi connectivity index (χ2n) is 21.7. The molecule has 0 saturated heterocycles. The van der Waals surface area contributed by atoms with E-state index in [4.69, 9.17) is 18.5 Å². The quantitative estimate of drug-likeness (QED) is 0.0211. The summed E-state index contributed by atoms with van der Waals surface area (Å²) in [4.78, 5) is 35.8. The molecule has 0 fully saturated rings. The van der Waals surface area contributed by atoms with E-state index in [9.17, 15) is 19.0 Å². The maximum absolute atomic E-state index is 12.9. The Bertz CT molecular complexity index is 1730. The van der Waals surface area contributed by atoms with Gasteiger partial charge in [0.2, 0.25) is 0 Å². The molecule has 78 heavy (non-hydrogen) atoms. The number of unbranched alkanes of at least 4 members (excludes halogenated alkanes) is 22. The summed E-state index contributed by atoms with van der Waals surface area (Å²) < 4.78 is 34.6. The number of phosphoric acid groups is 1. The Balaban J connectivity index is 4.15. The maximum Gasteiger partial charge on any atom is 0.472 e. The van der Waals surface area contributed by atoms with Gasteiger partial charge in [-0.15, -0.1) is 0 Å². The first-order chi connectivity index (χ1) is 38.0. The molecule has 0 bridgehead atoms. The fraction of sp³-hybridized carbons (Fsp3) is 0.676. The second-order valence-corrected chi connectivity index (χ2v) is 23.1. The van der Waals surface area contributed by atoms with Gasteiger partial charge in [0.05, 0.1) is 27.7 Å². The molecule has 2 atom stereocenters. The van der Waals surface area contributed by atoms with Gasteiger partial charge in [0.15, 0.2) is 6.10 Å². The van der Waals surface area contributed by atoms with E-state index in [1.165, 1.54) is 96.3 Å². The first-order valence-electron chi connectivity index (χ1n) is 31.3. The third kappa shape index (κ3) is 61.6.